The zero-order valence-corrected chi connectivity index (χ0v) is 15.2. The number of rotatable bonds is 4. The van der Waals surface area contributed by atoms with Gasteiger partial charge in [-0.3, -0.25) is 4.79 Å². The van der Waals surface area contributed by atoms with Crippen LogP contribution in [0.15, 0.2) is 65.2 Å². The molecule has 2 heterocycles. The molecule has 1 aliphatic heterocycles. The Hall–Kier alpha value is -2.92. The molecule has 5 nitrogen and oxygen atoms in total. The second-order valence-corrected chi connectivity index (χ2v) is 6.91. The summed E-state index contributed by atoms with van der Waals surface area (Å²) in [6, 6.07) is 17.3. The Morgan fingerprint density at radius 3 is 2.52 bits per heavy atom. The maximum absolute atomic E-state index is 13.1. The van der Waals surface area contributed by atoms with Crippen molar-refractivity contribution in [2.24, 2.45) is 11.7 Å². The zero-order chi connectivity index (χ0) is 18.6. The van der Waals surface area contributed by atoms with Gasteiger partial charge < -0.3 is 15.1 Å². The van der Waals surface area contributed by atoms with Crippen LogP contribution in [0.1, 0.15) is 23.2 Å². The smallest absolute Gasteiger partial charge is 0.254 e. The van der Waals surface area contributed by atoms with Crippen LogP contribution in [-0.4, -0.2) is 35.4 Å². The lowest BCUT2D eigenvalue weighted by molar-refractivity contribution is 0.0694. The first kappa shape index (κ1) is 17.5. The number of piperidine rings is 1. The molecule has 2 N–H and O–H groups in total. The van der Waals surface area contributed by atoms with Crippen molar-refractivity contribution in [1.29, 1.82) is 0 Å². The quantitative estimate of drug-likeness (QED) is 0.767. The van der Waals surface area contributed by atoms with E-state index < -0.39 is 0 Å². The summed E-state index contributed by atoms with van der Waals surface area (Å²) in [6.45, 7) is 2.18. The summed E-state index contributed by atoms with van der Waals surface area (Å²) in [5.74, 6) is 1.70. The molecule has 4 rings (SSSR count). The molecule has 0 aliphatic carbocycles. The van der Waals surface area contributed by atoms with Crippen LogP contribution in [0.3, 0.4) is 0 Å². The molecular weight excluding hydrogens is 338 g/mol. The molecule has 0 unspecified atom stereocenters. The van der Waals surface area contributed by atoms with Crippen LogP contribution in [0.4, 0.5) is 0 Å². The number of carbonyl (C=O) groups excluding carboxylic acids is 1. The van der Waals surface area contributed by atoms with Crippen LogP contribution in [0.2, 0.25) is 0 Å². The summed E-state index contributed by atoms with van der Waals surface area (Å²) in [6.07, 6.45) is 3.63. The van der Waals surface area contributed by atoms with Gasteiger partial charge in [0.05, 0.1) is 11.8 Å². The topological polar surface area (TPSA) is 72.4 Å². The summed E-state index contributed by atoms with van der Waals surface area (Å²) in [7, 11) is 0. The lowest BCUT2D eigenvalue weighted by Gasteiger charge is -2.31. The standard InChI is InChI=1S/C22H23N3O2/c23-14-16-10-12-25(13-11-16)22(26)19-9-5-4-8-18(19)21-24-15-20(27-21)17-6-2-1-3-7-17/h1-9,15-16H,10-14,23H2. The van der Waals surface area contributed by atoms with Crippen molar-refractivity contribution >= 4 is 5.91 Å². The Balaban J connectivity index is 1.60. The number of benzene rings is 2. The zero-order valence-electron chi connectivity index (χ0n) is 15.2. The summed E-state index contributed by atoms with van der Waals surface area (Å²) >= 11 is 0. The van der Waals surface area contributed by atoms with Crippen molar-refractivity contribution in [2.75, 3.05) is 19.6 Å². The highest BCUT2D eigenvalue weighted by Crippen LogP contribution is 2.29. The van der Waals surface area contributed by atoms with Gasteiger partial charge in [0.2, 0.25) is 5.89 Å². The average Bonchev–Trinajstić information content (AvgIpc) is 3.24. The van der Waals surface area contributed by atoms with E-state index in [4.69, 9.17) is 10.2 Å². The summed E-state index contributed by atoms with van der Waals surface area (Å²) < 4.78 is 5.97. The summed E-state index contributed by atoms with van der Waals surface area (Å²) in [5, 5.41) is 0. The Labute approximate surface area is 158 Å². The Morgan fingerprint density at radius 2 is 1.78 bits per heavy atom. The van der Waals surface area contributed by atoms with Gasteiger partial charge in [-0.2, -0.15) is 0 Å². The van der Waals surface area contributed by atoms with Crippen LogP contribution in [0.25, 0.3) is 22.8 Å². The van der Waals surface area contributed by atoms with E-state index in [0.717, 1.165) is 37.1 Å². The van der Waals surface area contributed by atoms with E-state index in [1.54, 1.807) is 6.20 Å². The first-order valence-electron chi connectivity index (χ1n) is 9.36. The minimum absolute atomic E-state index is 0.0283. The molecule has 27 heavy (non-hydrogen) atoms. The third kappa shape index (κ3) is 3.64. The number of carbonyl (C=O) groups is 1. The maximum atomic E-state index is 13.1. The molecule has 1 fully saturated rings. The highest BCUT2D eigenvalue weighted by atomic mass is 16.4. The normalized spacial score (nSPS) is 15.1. The van der Waals surface area contributed by atoms with Crippen LogP contribution >= 0.6 is 0 Å². The van der Waals surface area contributed by atoms with Gasteiger partial charge in [-0.25, -0.2) is 4.98 Å². The number of hydrogen-bond donors (Lipinski definition) is 1. The molecule has 5 heteroatoms. The molecule has 0 bridgehead atoms. The largest absolute Gasteiger partial charge is 0.436 e. The number of nitrogens with zero attached hydrogens (tertiary/aromatic N) is 2. The SMILES string of the molecule is NCC1CCN(C(=O)c2ccccc2-c2ncc(-c3ccccc3)o2)CC1. The van der Waals surface area contributed by atoms with Crippen LogP contribution in [0, 0.1) is 5.92 Å². The lowest BCUT2D eigenvalue weighted by Crippen LogP contribution is -2.40. The predicted octanol–water partition coefficient (Wildman–Crippen LogP) is 3.82. The van der Waals surface area contributed by atoms with Crippen LogP contribution in [-0.2, 0) is 0 Å². The highest BCUT2D eigenvalue weighted by Gasteiger charge is 2.25. The number of likely N-dealkylation sites (tertiary alicyclic amines) is 1. The summed E-state index contributed by atoms with van der Waals surface area (Å²) in [4.78, 5) is 19.4. The molecule has 1 amide bonds. The van der Waals surface area contributed by atoms with Crippen molar-refractivity contribution in [2.45, 2.75) is 12.8 Å². The van der Waals surface area contributed by atoms with Gasteiger partial charge >= 0.3 is 0 Å². The fraction of sp³-hybridized carbons (Fsp3) is 0.273. The monoisotopic (exact) mass is 361 g/mol. The van der Waals surface area contributed by atoms with E-state index in [-0.39, 0.29) is 5.91 Å². The third-order valence-electron chi connectivity index (χ3n) is 5.19. The number of aromatic nitrogens is 1. The van der Waals surface area contributed by atoms with Crippen molar-refractivity contribution in [1.82, 2.24) is 9.88 Å². The molecule has 0 radical (unpaired) electrons. The molecule has 0 atom stereocenters. The van der Waals surface area contributed by atoms with Crippen molar-refractivity contribution in [3.05, 3.63) is 66.4 Å². The van der Waals surface area contributed by atoms with E-state index in [0.29, 0.717) is 29.7 Å². The van der Waals surface area contributed by atoms with Gasteiger partial charge in [0.15, 0.2) is 5.76 Å². The van der Waals surface area contributed by atoms with Crippen LogP contribution < -0.4 is 5.73 Å². The second kappa shape index (κ2) is 7.76. The number of oxazole rings is 1. The van der Waals surface area contributed by atoms with Crippen molar-refractivity contribution < 1.29 is 9.21 Å². The van der Waals surface area contributed by atoms with Gasteiger partial charge in [0.1, 0.15) is 0 Å². The van der Waals surface area contributed by atoms with Gasteiger partial charge in [0, 0.05) is 24.2 Å². The lowest BCUT2D eigenvalue weighted by atomic mass is 9.96. The highest BCUT2D eigenvalue weighted by molar-refractivity contribution is 6.00. The van der Waals surface area contributed by atoms with E-state index >= 15 is 0 Å². The van der Waals surface area contributed by atoms with Gasteiger partial charge in [-0.05, 0) is 37.4 Å². The molecule has 0 spiro atoms. The average molecular weight is 361 g/mol. The molecule has 0 saturated carbocycles. The predicted molar refractivity (Wildman–Crippen MR) is 105 cm³/mol. The molecule has 3 aromatic rings. The van der Waals surface area contributed by atoms with E-state index in [2.05, 4.69) is 4.98 Å². The van der Waals surface area contributed by atoms with Gasteiger partial charge in [-0.1, -0.05) is 42.5 Å². The Morgan fingerprint density at radius 1 is 1.07 bits per heavy atom. The first-order valence-corrected chi connectivity index (χ1v) is 9.36. The fourth-order valence-electron chi connectivity index (χ4n) is 3.53. The van der Waals surface area contributed by atoms with E-state index in [1.165, 1.54) is 0 Å². The van der Waals surface area contributed by atoms with Crippen molar-refractivity contribution in [3.63, 3.8) is 0 Å². The molecule has 1 saturated heterocycles. The molecular formula is C22H23N3O2. The summed E-state index contributed by atoms with van der Waals surface area (Å²) in [5.41, 5.74) is 8.08. The number of nitrogens with two attached hydrogens (primary N) is 1. The van der Waals surface area contributed by atoms with Gasteiger partial charge in [-0.15, -0.1) is 0 Å². The third-order valence-corrected chi connectivity index (χ3v) is 5.19. The number of amides is 1. The Kier molecular flexibility index (Phi) is 5.03. The first-order chi connectivity index (χ1) is 13.3. The molecule has 2 aromatic carbocycles. The molecule has 1 aliphatic rings. The second-order valence-electron chi connectivity index (χ2n) is 6.91. The molecule has 1 aromatic heterocycles. The minimum Gasteiger partial charge on any atom is -0.436 e. The minimum atomic E-state index is 0.0283. The van der Waals surface area contributed by atoms with Gasteiger partial charge in [0.25, 0.3) is 5.91 Å². The molecule has 138 valence electrons. The van der Waals surface area contributed by atoms with E-state index in [1.807, 2.05) is 59.5 Å². The Bertz CT molecular complexity index is 912. The van der Waals surface area contributed by atoms with Crippen LogP contribution in [0.5, 0.6) is 0 Å². The maximum Gasteiger partial charge on any atom is 0.254 e. The number of hydrogen-bond acceptors (Lipinski definition) is 4. The fourth-order valence-corrected chi connectivity index (χ4v) is 3.53. The van der Waals surface area contributed by atoms with E-state index in [9.17, 15) is 4.79 Å². The van der Waals surface area contributed by atoms with Crippen molar-refractivity contribution in [3.8, 4) is 22.8 Å².